The van der Waals surface area contributed by atoms with Crippen molar-refractivity contribution in [2.75, 3.05) is 0 Å². The van der Waals surface area contributed by atoms with Crippen molar-refractivity contribution >= 4 is 16.5 Å². The second-order valence-corrected chi connectivity index (χ2v) is 7.10. The van der Waals surface area contributed by atoms with Crippen LogP contribution in [0.15, 0.2) is 71.5 Å². The van der Waals surface area contributed by atoms with Gasteiger partial charge in [0.05, 0.1) is 22.5 Å². The van der Waals surface area contributed by atoms with Gasteiger partial charge in [0.15, 0.2) is 0 Å². The highest BCUT2D eigenvalue weighted by Gasteiger charge is 2.14. The van der Waals surface area contributed by atoms with Crippen LogP contribution in [0.4, 0.5) is 5.69 Å². The van der Waals surface area contributed by atoms with Crippen molar-refractivity contribution in [3.05, 3.63) is 104 Å². The van der Waals surface area contributed by atoms with E-state index in [1.54, 1.807) is 18.2 Å². The minimum Gasteiger partial charge on any atom is -0.267 e. The molecule has 1 aromatic heterocycles. The summed E-state index contributed by atoms with van der Waals surface area (Å²) in [7, 11) is 0. The molecule has 4 rings (SSSR count). The van der Waals surface area contributed by atoms with Crippen LogP contribution < -0.4 is 5.56 Å². The van der Waals surface area contributed by atoms with Crippen LogP contribution >= 0.6 is 0 Å². The first kappa shape index (κ1) is 18.6. The smallest absolute Gasteiger partial charge is 0.267 e. The van der Waals surface area contributed by atoms with E-state index < -0.39 is 4.92 Å². The Labute approximate surface area is 167 Å². The Morgan fingerprint density at radius 3 is 2.34 bits per heavy atom. The number of nitrogens with zero attached hydrogens (tertiary/aromatic N) is 3. The van der Waals surface area contributed by atoms with Gasteiger partial charge in [-0.1, -0.05) is 48.0 Å². The zero-order valence-corrected chi connectivity index (χ0v) is 16.1. The van der Waals surface area contributed by atoms with Gasteiger partial charge in [-0.2, -0.15) is 5.10 Å². The molecule has 0 radical (unpaired) electrons. The van der Waals surface area contributed by atoms with Crippen LogP contribution in [0.1, 0.15) is 16.7 Å². The molecule has 29 heavy (non-hydrogen) atoms. The number of nitro benzene ring substituents is 1. The second-order valence-electron chi connectivity index (χ2n) is 7.10. The summed E-state index contributed by atoms with van der Waals surface area (Å²) in [6, 6.07) is 19.8. The molecule has 0 spiro atoms. The van der Waals surface area contributed by atoms with E-state index >= 15 is 0 Å². The molecule has 6 heteroatoms. The molecule has 1 heterocycles. The first-order valence-corrected chi connectivity index (χ1v) is 9.25. The summed E-state index contributed by atoms with van der Waals surface area (Å²) in [6.07, 6.45) is 0. The first-order chi connectivity index (χ1) is 13.9. The average molecular weight is 385 g/mol. The summed E-state index contributed by atoms with van der Waals surface area (Å²) < 4.78 is 1.43. The fourth-order valence-corrected chi connectivity index (χ4v) is 3.43. The van der Waals surface area contributed by atoms with E-state index in [1.165, 1.54) is 16.8 Å². The molecule has 0 N–H and O–H groups in total. The zero-order chi connectivity index (χ0) is 20.5. The summed E-state index contributed by atoms with van der Waals surface area (Å²) in [6.45, 7) is 4.29. The normalized spacial score (nSPS) is 11.0. The van der Waals surface area contributed by atoms with Crippen LogP contribution in [-0.2, 0) is 6.54 Å². The zero-order valence-electron chi connectivity index (χ0n) is 16.1. The molecular weight excluding hydrogens is 366 g/mol. The molecule has 0 aliphatic carbocycles. The summed E-state index contributed by atoms with van der Waals surface area (Å²) in [5.41, 5.74) is 4.53. The molecule has 4 aromatic rings. The number of nitro groups is 1. The van der Waals surface area contributed by atoms with Gasteiger partial charge in [-0.15, -0.1) is 0 Å². The van der Waals surface area contributed by atoms with Crippen LogP contribution in [0.3, 0.4) is 0 Å². The van der Waals surface area contributed by atoms with Crippen molar-refractivity contribution in [3.63, 3.8) is 0 Å². The molecule has 0 fully saturated rings. The number of hydrogen-bond acceptors (Lipinski definition) is 4. The van der Waals surface area contributed by atoms with Crippen molar-refractivity contribution < 1.29 is 4.92 Å². The third-order valence-corrected chi connectivity index (χ3v) is 5.00. The lowest BCUT2D eigenvalue weighted by Gasteiger charge is -2.13. The molecule has 0 atom stereocenters. The van der Waals surface area contributed by atoms with Gasteiger partial charge >= 0.3 is 0 Å². The van der Waals surface area contributed by atoms with Crippen LogP contribution in [0.5, 0.6) is 0 Å². The van der Waals surface area contributed by atoms with E-state index in [-0.39, 0.29) is 17.8 Å². The minimum atomic E-state index is -0.442. The Balaban J connectivity index is 1.89. The maximum atomic E-state index is 13.0. The maximum Gasteiger partial charge on any atom is 0.274 e. The molecule has 0 amide bonds. The van der Waals surface area contributed by atoms with Crippen LogP contribution in [0.2, 0.25) is 0 Å². The van der Waals surface area contributed by atoms with Crippen LogP contribution in [-0.4, -0.2) is 14.7 Å². The Hall–Kier alpha value is -3.80. The predicted octanol–water partition coefficient (Wildman–Crippen LogP) is 4.64. The SMILES string of the molecule is Cc1ccc(C)c(-c2nn(Cc3ccc([N+](=O)[O-])cc3)c(=O)c3ccccc23)c1. The molecule has 0 saturated heterocycles. The van der Waals surface area contributed by atoms with Gasteiger partial charge in [0.25, 0.3) is 11.2 Å². The van der Waals surface area contributed by atoms with E-state index in [0.29, 0.717) is 5.39 Å². The van der Waals surface area contributed by atoms with Gasteiger partial charge in [0.1, 0.15) is 0 Å². The Morgan fingerprint density at radius 1 is 0.966 bits per heavy atom. The lowest BCUT2D eigenvalue weighted by molar-refractivity contribution is -0.384. The summed E-state index contributed by atoms with van der Waals surface area (Å²) >= 11 is 0. The van der Waals surface area contributed by atoms with Crippen molar-refractivity contribution in [3.8, 4) is 11.3 Å². The Morgan fingerprint density at radius 2 is 1.66 bits per heavy atom. The van der Waals surface area contributed by atoms with Crippen molar-refractivity contribution in [1.82, 2.24) is 9.78 Å². The summed E-state index contributed by atoms with van der Waals surface area (Å²) in [5.74, 6) is 0. The van der Waals surface area contributed by atoms with Gasteiger partial charge in [0, 0.05) is 23.1 Å². The van der Waals surface area contributed by atoms with E-state index in [4.69, 9.17) is 5.10 Å². The van der Waals surface area contributed by atoms with Crippen molar-refractivity contribution in [1.29, 1.82) is 0 Å². The lowest BCUT2D eigenvalue weighted by atomic mass is 9.99. The monoisotopic (exact) mass is 385 g/mol. The highest BCUT2D eigenvalue weighted by Crippen LogP contribution is 2.28. The molecule has 0 saturated carbocycles. The standard InChI is InChI=1S/C23H19N3O3/c1-15-7-8-16(2)21(13-15)22-19-5-3-4-6-20(19)23(27)25(24-22)14-17-9-11-18(12-10-17)26(28)29/h3-13H,14H2,1-2H3. The molecule has 0 aliphatic heterocycles. The second kappa shape index (κ2) is 7.31. The minimum absolute atomic E-state index is 0.0173. The fourth-order valence-electron chi connectivity index (χ4n) is 3.43. The van der Waals surface area contributed by atoms with E-state index in [1.807, 2.05) is 44.2 Å². The largest absolute Gasteiger partial charge is 0.274 e. The predicted molar refractivity (Wildman–Crippen MR) is 113 cm³/mol. The maximum absolute atomic E-state index is 13.0. The molecule has 0 aliphatic rings. The number of benzene rings is 3. The molecule has 144 valence electrons. The van der Waals surface area contributed by atoms with Gasteiger partial charge in [0.2, 0.25) is 0 Å². The summed E-state index contributed by atoms with van der Waals surface area (Å²) in [4.78, 5) is 23.5. The number of non-ortho nitro benzene ring substituents is 1. The lowest BCUT2D eigenvalue weighted by Crippen LogP contribution is -2.24. The highest BCUT2D eigenvalue weighted by atomic mass is 16.6. The van der Waals surface area contributed by atoms with Gasteiger partial charge in [-0.3, -0.25) is 14.9 Å². The molecule has 0 bridgehead atoms. The molecule has 6 nitrogen and oxygen atoms in total. The number of aromatic nitrogens is 2. The molecular formula is C23H19N3O3. The number of rotatable bonds is 4. The third-order valence-electron chi connectivity index (χ3n) is 5.00. The first-order valence-electron chi connectivity index (χ1n) is 9.25. The number of aryl methyl sites for hydroxylation is 2. The quantitative estimate of drug-likeness (QED) is 0.379. The van der Waals surface area contributed by atoms with Crippen LogP contribution in [0, 0.1) is 24.0 Å². The number of fused-ring (bicyclic) bond motifs is 1. The van der Waals surface area contributed by atoms with Crippen molar-refractivity contribution in [2.45, 2.75) is 20.4 Å². The van der Waals surface area contributed by atoms with Gasteiger partial charge in [-0.25, -0.2) is 4.68 Å². The number of hydrogen-bond donors (Lipinski definition) is 0. The third kappa shape index (κ3) is 3.52. The Kier molecular flexibility index (Phi) is 4.68. The van der Waals surface area contributed by atoms with Gasteiger partial charge < -0.3 is 0 Å². The Bertz CT molecular complexity index is 1290. The van der Waals surface area contributed by atoms with E-state index in [2.05, 4.69) is 6.07 Å². The van der Waals surface area contributed by atoms with E-state index in [0.717, 1.165) is 33.3 Å². The summed E-state index contributed by atoms with van der Waals surface area (Å²) in [5, 5.41) is 17.0. The topological polar surface area (TPSA) is 78.0 Å². The molecule has 0 unspecified atom stereocenters. The van der Waals surface area contributed by atoms with Gasteiger partial charge in [-0.05, 0) is 37.1 Å². The fraction of sp³-hybridized carbons (Fsp3) is 0.130. The average Bonchev–Trinajstić information content (AvgIpc) is 2.72. The highest BCUT2D eigenvalue weighted by molar-refractivity contribution is 5.94. The van der Waals surface area contributed by atoms with Crippen LogP contribution in [0.25, 0.3) is 22.0 Å². The van der Waals surface area contributed by atoms with Crippen molar-refractivity contribution in [2.24, 2.45) is 0 Å². The molecule has 3 aromatic carbocycles. The van der Waals surface area contributed by atoms with E-state index in [9.17, 15) is 14.9 Å².